The molecular weight excluding hydrogens is 540 g/mol. The molecule has 1 aliphatic rings. The molecule has 1 aromatic heterocycles. The Labute approximate surface area is 220 Å². The van der Waals surface area contributed by atoms with Gasteiger partial charge in [0.25, 0.3) is 11.8 Å². The Bertz CT molecular complexity index is 1420. The minimum Gasteiger partial charge on any atom is -0.449 e. The molecule has 0 atom stereocenters. The molecule has 4 amide bonds. The maximum atomic E-state index is 13.5. The van der Waals surface area contributed by atoms with Crippen LogP contribution in [0, 0.1) is 6.92 Å². The molecule has 0 bridgehead atoms. The van der Waals surface area contributed by atoms with Crippen LogP contribution in [0.2, 0.25) is 0 Å². The van der Waals surface area contributed by atoms with Crippen molar-refractivity contribution in [3.8, 4) is 0 Å². The summed E-state index contributed by atoms with van der Waals surface area (Å²) in [4.78, 5) is 43.3. The van der Waals surface area contributed by atoms with Gasteiger partial charge in [-0.3, -0.25) is 9.59 Å². The van der Waals surface area contributed by atoms with Crippen LogP contribution in [0.4, 0.5) is 16.2 Å². The van der Waals surface area contributed by atoms with Crippen LogP contribution in [-0.2, 0) is 9.59 Å². The van der Waals surface area contributed by atoms with Crippen LogP contribution < -0.4 is 9.80 Å². The van der Waals surface area contributed by atoms with E-state index in [0.29, 0.717) is 26.7 Å². The zero-order valence-electron chi connectivity index (χ0n) is 19.1. The number of hydrogen-bond acceptors (Lipinski definition) is 5. The van der Waals surface area contributed by atoms with Crippen molar-refractivity contribution in [1.29, 1.82) is 0 Å². The number of nitrogens with zero attached hydrogens (tertiary/aromatic N) is 2. The van der Waals surface area contributed by atoms with Gasteiger partial charge in [0.1, 0.15) is 11.3 Å². The molecule has 1 saturated heterocycles. The Morgan fingerprint density at radius 3 is 1.83 bits per heavy atom. The first-order valence-corrected chi connectivity index (χ1v) is 12.6. The number of carbonyl (C=O) groups excluding carboxylic acids is 3. The molecule has 0 spiro atoms. The maximum Gasteiger partial charge on any atom is 0.343 e. The number of carbonyl (C=O) groups is 3. The van der Waals surface area contributed by atoms with Crippen LogP contribution >= 0.6 is 27.7 Å². The van der Waals surface area contributed by atoms with Gasteiger partial charge in [0.2, 0.25) is 0 Å². The molecule has 1 fully saturated rings. The fourth-order valence-corrected chi connectivity index (χ4v) is 5.03. The van der Waals surface area contributed by atoms with Gasteiger partial charge in [0, 0.05) is 4.90 Å². The van der Waals surface area contributed by atoms with Crippen LogP contribution in [0.3, 0.4) is 0 Å². The van der Waals surface area contributed by atoms with Crippen LogP contribution in [0.25, 0.3) is 6.08 Å². The lowest BCUT2D eigenvalue weighted by Crippen LogP contribution is -2.57. The summed E-state index contributed by atoms with van der Waals surface area (Å²) in [6, 6.07) is 26.0. The van der Waals surface area contributed by atoms with E-state index in [1.165, 1.54) is 17.8 Å². The number of furan rings is 1. The molecular formula is C28H19BrN2O4S. The second-order valence-electron chi connectivity index (χ2n) is 7.99. The molecule has 4 aromatic rings. The van der Waals surface area contributed by atoms with Gasteiger partial charge in [-0.15, -0.1) is 0 Å². The average molecular weight is 559 g/mol. The number of rotatable bonds is 5. The van der Waals surface area contributed by atoms with E-state index < -0.39 is 17.8 Å². The average Bonchev–Trinajstić information content (AvgIpc) is 3.23. The predicted octanol–water partition coefficient (Wildman–Crippen LogP) is 7.09. The molecule has 6 nitrogen and oxygen atoms in total. The molecule has 0 unspecified atom stereocenters. The number of benzene rings is 3. The van der Waals surface area contributed by atoms with Gasteiger partial charge in [-0.2, -0.15) is 0 Å². The number of amides is 4. The first-order chi connectivity index (χ1) is 17.4. The highest BCUT2D eigenvalue weighted by molar-refractivity contribution is 9.10. The third kappa shape index (κ3) is 4.65. The summed E-state index contributed by atoms with van der Waals surface area (Å²) in [6.07, 6.45) is 1.38. The fourth-order valence-electron chi connectivity index (χ4n) is 3.70. The standard InChI is InChI=1S/C28H19BrN2O4S/c1-18-12-14-22(15-13-18)36-27-24(29)17-21(35-27)16-23-25(32)30(19-8-4-2-5-9-19)28(34)31(26(23)33)20-10-6-3-7-11-20/h2-17H,1H3. The van der Waals surface area contributed by atoms with Gasteiger partial charge in [-0.25, -0.2) is 14.6 Å². The normalized spacial score (nSPS) is 13.9. The number of urea groups is 1. The van der Waals surface area contributed by atoms with Gasteiger partial charge in [0.05, 0.1) is 15.8 Å². The first-order valence-electron chi connectivity index (χ1n) is 11.0. The molecule has 0 saturated carbocycles. The van der Waals surface area contributed by atoms with Crippen molar-refractivity contribution in [2.75, 3.05) is 9.80 Å². The third-order valence-corrected chi connectivity index (χ3v) is 7.32. The van der Waals surface area contributed by atoms with Gasteiger partial charge in [-0.05, 0) is 71.4 Å². The predicted molar refractivity (Wildman–Crippen MR) is 143 cm³/mol. The number of aryl methyl sites for hydroxylation is 1. The lowest BCUT2D eigenvalue weighted by atomic mass is 10.1. The van der Waals surface area contributed by atoms with Crippen molar-refractivity contribution < 1.29 is 18.8 Å². The van der Waals surface area contributed by atoms with Crippen molar-refractivity contribution >= 4 is 63.0 Å². The molecule has 0 N–H and O–H groups in total. The smallest absolute Gasteiger partial charge is 0.343 e. The van der Waals surface area contributed by atoms with Gasteiger partial charge in [-0.1, -0.05) is 65.9 Å². The highest BCUT2D eigenvalue weighted by atomic mass is 79.9. The Hall–Kier alpha value is -3.88. The molecule has 2 heterocycles. The van der Waals surface area contributed by atoms with E-state index in [-0.39, 0.29) is 5.57 Å². The summed E-state index contributed by atoms with van der Waals surface area (Å²) in [6.45, 7) is 2.02. The molecule has 178 valence electrons. The molecule has 3 aromatic carbocycles. The Morgan fingerprint density at radius 2 is 1.31 bits per heavy atom. The Morgan fingerprint density at radius 1 is 0.778 bits per heavy atom. The van der Waals surface area contributed by atoms with E-state index in [4.69, 9.17) is 4.42 Å². The largest absolute Gasteiger partial charge is 0.449 e. The Kier molecular flexibility index (Phi) is 6.63. The van der Waals surface area contributed by atoms with Crippen molar-refractivity contribution in [3.05, 3.63) is 112 Å². The van der Waals surface area contributed by atoms with Crippen molar-refractivity contribution in [3.63, 3.8) is 0 Å². The molecule has 36 heavy (non-hydrogen) atoms. The van der Waals surface area contributed by atoms with E-state index in [0.717, 1.165) is 20.3 Å². The number of imide groups is 2. The topological polar surface area (TPSA) is 70.8 Å². The molecule has 1 aliphatic heterocycles. The summed E-state index contributed by atoms with van der Waals surface area (Å²) in [5.41, 5.74) is 1.69. The van der Waals surface area contributed by atoms with Crippen LogP contribution in [0.5, 0.6) is 0 Å². The minimum absolute atomic E-state index is 0.185. The lowest BCUT2D eigenvalue weighted by Gasteiger charge is -2.33. The SMILES string of the molecule is Cc1ccc(Sc2oc(C=C3C(=O)N(c4ccccc4)C(=O)N(c4ccccc4)C3=O)cc2Br)cc1. The number of anilines is 2. The molecule has 0 aliphatic carbocycles. The van der Waals surface area contributed by atoms with Crippen LogP contribution in [0.15, 0.2) is 115 Å². The van der Waals surface area contributed by atoms with E-state index in [1.807, 2.05) is 31.2 Å². The number of barbiturate groups is 1. The van der Waals surface area contributed by atoms with E-state index in [9.17, 15) is 14.4 Å². The maximum absolute atomic E-state index is 13.5. The lowest BCUT2D eigenvalue weighted by molar-refractivity contribution is -0.121. The summed E-state index contributed by atoms with van der Waals surface area (Å²) >= 11 is 4.92. The highest BCUT2D eigenvalue weighted by Crippen LogP contribution is 2.37. The van der Waals surface area contributed by atoms with Gasteiger partial charge < -0.3 is 4.42 Å². The van der Waals surface area contributed by atoms with Crippen LogP contribution in [-0.4, -0.2) is 17.8 Å². The number of hydrogen-bond donors (Lipinski definition) is 0. The second-order valence-corrected chi connectivity index (χ2v) is 9.89. The quantitative estimate of drug-likeness (QED) is 0.193. The highest BCUT2D eigenvalue weighted by Gasteiger charge is 2.43. The summed E-state index contributed by atoms with van der Waals surface area (Å²) < 4.78 is 6.66. The summed E-state index contributed by atoms with van der Waals surface area (Å²) in [5, 5.41) is 0.581. The molecule has 5 rings (SSSR count). The van der Waals surface area contributed by atoms with Crippen molar-refractivity contribution in [1.82, 2.24) is 0 Å². The monoisotopic (exact) mass is 558 g/mol. The van der Waals surface area contributed by atoms with E-state index in [2.05, 4.69) is 15.9 Å². The van der Waals surface area contributed by atoms with E-state index >= 15 is 0 Å². The third-order valence-electron chi connectivity index (χ3n) is 5.47. The van der Waals surface area contributed by atoms with Gasteiger partial charge >= 0.3 is 6.03 Å². The zero-order valence-corrected chi connectivity index (χ0v) is 21.5. The molecule has 8 heteroatoms. The van der Waals surface area contributed by atoms with Gasteiger partial charge in [0.15, 0.2) is 5.09 Å². The minimum atomic E-state index is -0.740. The van der Waals surface area contributed by atoms with E-state index in [1.54, 1.807) is 66.7 Å². The Balaban J connectivity index is 1.55. The van der Waals surface area contributed by atoms with Crippen molar-refractivity contribution in [2.24, 2.45) is 0 Å². The molecule has 0 radical (unpaired) electrons. The van der Waals surface area contributed by atoms with Crippen molar-refractivity contribution in [2.45, 2.75) is 16.9 Å². The first kappa shape index (κ1) is 23.8. The zero-order chi connectivity index (χ0) is 25.2. The summed E-state index contributed by atoms with van der Waals surface area (Å²) in [7, 11) is 0. The van der Waals surface area contributed by atoms with Crippen LogP contribution in [0.1, 0.15) is 11.3 Å². The fraction of sp³-hybridized carbons (Fsp3) is 0.0357. The second kappa shape index (κ2) is 10.0. The number of para-hydroxylation sites is 2. The summed E-state index contributed by atoms with van der Waals surface area (Å²) in [5.74, 6) is -1.13. The number of halogens is 1.